The van der Waals surface area contributed by atoms with Gasteiger partial charge in [-0.3, -0.25) is 0 Å². The molecule has 27 heavy (non-hydrogen) atoms. The second-order valence-corrected chi connectivity index (χ2v) is 5.89. The van der Waals surface area contributed by atoms with Gasteiger partial charge in [0.15, 0.2) is 11.6 Å². The largest absolute Gasteiger partial charge is 0.393 e. The third kappa shape index (κ3) is 3.35. The first-order valence-corrected chi connectivity index (χ1v) is 8.19. The molecule has 7 heteroatoms. The highest BCUT2D eigenvalue weighted by Crippen LogP contribution is 2.31. The van der Waals surface area contributed by atoms with E-state index in [4.69, 9.17) is 5.73 Å². The summed E-state index contributed by atoms with van der Waals surface area (Å²) in [5.41, 5.74) is 7.27. The van der Waals surface area contributed by atoms with Gasteiger partial charge in [0.05, 0.1) is 5.69 Å². The van der Waals surface area contributed by atoms with E-state index in [0.717, 1.165) is 28.6 Å². The summed E-state index contributed by atoms with van der Waals surface area (Å²) in [5.74, 6) is -0.798. The molecule has 0 spiro atoms. The summed E-state index contributed by atoms with van der Waals surface area (Å²) < 4.78 is 27.0. The molecule has 0 radical (unpaired) electrons. The van der Waals surface area contributed by atoms with E-state index in [9.17, 15) is 8.78 Å². The lowest BCUT2D eigenvalue weighted by Crippen LogP contribution is -2.06. The number of hydrogen-bond donors (Lipinski definition) is 3. The van der Waals surface area contributed by atoms with Crippen molar-refractivity contribution in [3.05, 3.63) is 78.6 Å². The highest BCUT2D eigenvalue weighted by atomic mass is 19.1. The predicted octanol–water partition coefficient (Wildman–Crippen LogP) is 4.98. The first-order chi connectivity index (χ1) is 13.1. The van der Waals surface area contributed by atoms with Gasteiger partial charge in [-0.2, -0.15) is 0 Å². The van der Waals surface area contributed by atoms with Crippen LogP contribution >= 0.6 is 0 Å². The molecular weight excluding hydrogens is 348 g/mol. The van der Waals surface area contributed by atoms with Gasteiger partial charge in [-0.1, -0.05) is 36.4 Å². The summed E-state index contributed by atoms with van der Waals surface area (Å²) in [6, 6.07) is 17.0. The minimum Gasteiger partial charge on any atom is -0.393 e. The SMILES string of the molecule is Nc1c(Nc2ccc(F)cc2F)ncnc1Nc1cccc2ccccc12. The van der Waals surface area contributed by atoms with Gasteiger partial charge < -0.3 is 16.4 Å². The lowest BCUT2D eigenvalue weighted by atomic mass is 10.1. The predicted molar refractivity (Wildman–Crippen MR) is 103 cm³/mol. The number of nitrogens with two attached hydrogens (primary N) is 1. The number of nitrogens with zero attached hydrogens (tertiary/aromatic N) is 2. The van der Waals surface area contributed by atoms with E-state index >= 15 is 0 Å². The molecular formula is C20H15F2N5. The third-order valence-corrected chi connectivity index (χ3v) is 4.11. The van der Waals surface area contributed by atoms with Crippen molar-refractivity contribution in [3.8, 4) is 0 Å². The number of fused-ring (bicyclic) bond motifs is 1. The molecule has 134 valence electrons. The summed E-state index contributed by atoms with van der Waals surface area (Å²) in [6.45, 7) is 0. The van der Waals surface area contributed by atoms with Crippen LogP contribution in [-0.2, 0) is 0 Å². The molecule has 4 aromatic rings. The van der Waals surface area contributed by atoms with E-state index in [1.165, 1.54) is 12.4 Å². The Morgan fingerprint density at radius 3 is 2.26 bits per heavy atom. The average molecular weight is 363 g/mol. The summed E-state index contributed by atoms with van der Waals surface area (Å²) in [4.78, 5) is 8.23. The maximum atomic E-state index is 13.9. The fourth-order valence-corrected chi connectivity index (χ4v) is 2.78. The topological polar surface area (TPSA) is 75.9 Å². The van der Waals surface area contributed by atoms with E-state index < -0.39 is 11.6 Å². The molecule has 0 aliphatic rings. The van der Waals surface area contributed by atoms with Crippen LogP contribution in [0, 0.1) is 11.6 Å². The molecule has 0 bridgehead atoms. The van der Waals surface area contributed by atoms with Crippen LogP contribution in [0.25, 0.3) is 10.8 Å². The van der Waals surface area contributed by atoms with Gasteiger partial charge in [0.25, 0.3) is 0 Å². The number of halogens is 2. The summed E-state index contributed by atoms with van der Waals surface area (Å²) >= 11 is 0. The van der Waals surface area contributed by atoms with Gasteiger partial charge in [-0.25, -0.2) is 18.7 Å². The van der Waals surface area contributed by atoms with Crippen molar-refractivity contribution < 1.29 is 8.78 Å². The zero-order valence-electron chi connectivity index (χ0n) is 14.1. The molecule has 0 fully saturated rings. The van der Waals surface area contributed by atoms with Crippen molar-refractivity contribution in [2.75, 3.05) is 16.4 Å². The Balaban J connectivity index is 1.67. The van der Waals surface area contributed by atoms with E-state index in [1.807, 2.05) is 42.5 Å². The number of rotatable bonds is 4. The van der Waals surface area contributed by atoms with Crippen molar-refractivity contribution in [2.24, 2.45) is 0 Å². The maximum Gasteiger partial charge on any atom is 0.159 e. The van der Waals surface area contributed by atoms with Gasteiger partial charge in [-0.05, 0) is 23.6 Å². The van der Waals surface area contributed by atoms with Crippen LogP contribution in [0.3, 0.4) is 0 Å². The monoisotopic (exact) mass is 363 g/mol. The number of nitrogens with one attached hydrogen (secondary N) is 2. The molecule has 0 unspecified atom stereocenters. The Hall–Kier alpha value is -3.74. The summed E-state index contributed by atoms with van der Waals surface area (Å²) in [5, 5.41) is 8.05. The molecule has 5 nitrogen and oxygen atoms in total. The zero-order chi connectivity index (χ0) is 18.8. The van der Waals surface area contributed by atoms with Crippen LogP contribution in [0.4, 0.5) is 37.5 Å². The fourth-order valence-electron chi connectivity index (χ4n) is 2.78. The zero-order valence-corrected chi connectivity index (χ0v) is 14.1. The lowest BCUT2D eigenvalue weighted by Gasteiger charge is -2.14. The minimum absolute atomic E-state index is 0.0675. The number of nitrogen functional groups attached to an aromatic ring is 1. The Morgan fingerprint density at radius 1 is 0.778 bits per heavy atom. The molecule has 3 aromatic carbocycles. The second kappa shape index (κ2) is 6.87. The van der Waals surface area contributed by atoms with Crippen LogP contribution in [0.2, 0.25) is 0 Å². The number of anilines is 5. The van der Waals surface area contributed by atoms with Gasteiger partial charge in [0.1, 0.15) is 23.6 Å². The Bertz CT molecular complexity index is 1130. The Morgan fingerprint density at radius 2 is 1.48 bits per heavy atom. The molecule has 4 rings (SSSR count). The quantitative estimate of drug-likeness (QED) is 0.477. The van der Waals surface area contributed by atoms with Crippen molar-refractivity contribution in [1.82, 2.24) is 9.97 Å². The molecule has 0 aliphatic carbocycles. The first kappa shape index (κ1) is 16.7. The van der Waals surface area contributed by atoms with E-state index in [-0.39, 0.29) is 17.2 Å². The van der Waals surface area contributed by atoms with Gasteiger partial charge in [-0.15, -0.1) is 0 Å². The smallest absolute Gasteiger partial charge is 0.159 e. The fraction of sp³-hybridized carbons (Fsp3) is 0. The highest BCUT2D eigenvalue weighted by Gasteiger charge is 2.12. The normalized spacial score (nSPS) is 10.7. The van der Waals surface area contributed by atoms with Crippen molar-refractivity contribution in [1.29, 1.82) is 0 Å². The third-order valence-electron chi connectivity index (χ3n) is 4.11. The van der Waals surface area contributed by atoms with E-state index in [1.54, 1.807) is 0 Å². The average Bonchev–Trinajstić information content (AvgIpc) is 2.67. The van der Waals surface area contributed by atoms with Crippen LogP contribution in [0.15, 0.2) is 67.0 Å². The van der Waals surface area contributed by atoms with Crippen molar-refractivity contribution in [2.45, 2.75) is 0 Å². The molecule has 0 amide bonds. The second-order valence-electron chi connectivity index (χ2n) is 5.89. The van der Waals surface area contributed by atoms with Crippen molar-refractivity contribution >= 4 is 39.5 Å². The van der Waals surface area contributed by atoms with Crippen LogP contribution in [0.1, 0.15) is 0 Å². The number of hydrogen-bond acceptors (Lipinski definition) is 5. The van der Waals surface area contributed by atoms with Crippen LogP contribution in [0.5, 0.6) is 0 Å². The maximum absolute atomic E-state index is 13.9. The molecule has 0 saturated heterocycles. The Labute approximate surface area is 153 Å². The Kier molecular flexibility index (Phi) is 4.25. The molecule has 1 aromatic heterocycles. The molecule has 0 saturated carbocycles. The molecule has 1 heterocycles. The summed E-state index contributed by atoms with van der Waals surface area (Å²) in [7, 11) is 0. The van der Waals surface area contributed by atoms with Gasteiger partial charge >= 0.3 is 0 Å². The number of benzene rings is 3. The van der Waals surface area contributed by atoms with Gasteiger partial charge in [0, 0.05) is 17.1 Å². The molecule has 0 aliphatic heterocycles. The number of aromatic nitrogens is 2. The highest BCUT2D eigenvalue weighted by molar-refractivity contribution is 5.96. The molecule has 4 N–H and O–H groups in total. The van der Waals surface area contributed by atoms with E-state index in [0.29, 0.717) is 5.82 Å². The molecule has 0 atom stereocenters. The lowest BCUT2D eigenvalue weighted by molar-refractivity contribution is 0.586. The van der Waals surface area contributed by atoms with E-state index in [2.05, 4.69) is 20.6 Å². The van der Waals surface area contributed by atoms with Crippen LogP contribution < -0.4 is 16.4 Å². The standard InChI is InChI=1S/C20H15F2N5/c21-13-8-9-17(15(22)10-13)27-20-18(23)19(24-11-25-20)26-16-7-3-5-12-4-1-2-6-14(12)16/h1-11H,23H2,(H2,24,25,26,27). The first-order valence-electron chi connectivity index (χ1n) is 8.19. The van der Waals surface area contributed by atoms with Gasteiger partial charge in [0.2, 0.25) is 0 Å². The minimum atomic E-state index is -0.739. The van der Waals surface area contributed by atoms with Crippen LogP contribution in [-0.4, -0.2) is 9.97 Å². The summed E-state index contributed by atoms with van der Waals surface area (Å²) in [6.07, 6.45) is 1.31. The van der Waals surface area contributed by atoms with Crippen molar-refractivity contribution in [3.63, 3.8) is 0 Å².